The predicted molar refractivity (Wildman–Crippen MR) is 84.5 cm³/mol. The molecule has 1 aromatic carbocycles. The molecule has 3 rings (SSSR count). The summed E-state index contributed by atoms with van der Waals surface area (Å²) in [5.41, 5.74) is 0.928. The maximum Gasteiger partial charge on any atom is 0.255 e. The third-order valence-corrected chi connectivity index (χ3v) is 4.16. The SMILES string of the molecule is CCCNC(CSc1ncco1)c1cc2ccccc2o1. The van der Waals surface area contributed by atoms with Crippen molar-refractivity contribution in [3.8, 4) is 0 Å². The van der Waals surface area contributed by atoms with Crippen molar-refractivity contribution in [3.05, 3.63) is 48.6 Å². The number of aromatic nitrogens is 1. The Balaban J connectivity index is 1.76. The molecule has 0 spiro atoms. The minimum Gasteiger partial charge on any atom is -0.459 e. The van der Waals surface area contributed by atoms with Crippen molar-refractivity contribution >= 4 is 22.7 Å². The number of rotatable bonds is 7. The summed E-state index contributed by atoms with van der Waals surface area (Å²) in [6, 6.07) is 10.3. The minimum atomic E-state index is 0.147. The fraction of sp³-hybridized carbons (Fsp3) is 0.312. The molecule has 3 aromatic rings. The molecule has 0 radical (unpaired) electrons. The van der Waals surface area contributed by atoms with Gasteiger partial charge in [0.15, 0.2) is 0 Å². The molecule has 0 aliphatic carbocycles. The van der Waals surface area contributed by atoms with Crippen LogP contribution in [0.4, 0.5) is 0 Å². The first-order chi connectivity index (χ1) is 10.4. The van der Waals surface area contributed by atoms with Gasteiger partial charge in [-0.05, 0) is 25.1 Å². The van der Waals surface area contributed by atoms with Gasteiger partial charge in [0.25, 0.3) is 5.22 Å². The summed E-state index contributed by atoms with van der Waals surface area (Å²) >= 11 is 1.59. The first-order valence-corrected chi connectivity index (χ1v) is 8.09. The van der Waals surface area contributed by atoms with Crippen molar-refractivity contribution in [2.24, 2.45) is 0 Å². The van der Waals surface area contributed by atoms with E-state index in [1.54, 1.807) is 24.2 Å². The van der Waals surface area contributed by atoms with E-state index in [0.717, 1.165) is 35.4 Å². The van der Waals surface area contributed by atoms with Gasteiger partial charge in [-0.15, -0.1) is 0 Å². The highest BCUT2D eigenvalue weighted by molar-refractivity contribution is 7.99. The highest BCUT2D eigenvalue weighted by atomic mass is 32.2. The summed E-state index contributed by atoms with van der Waals surface area (Å²) < 4.78 is 11.2. The van der Waals surface area contributed by atoms with Gasteiger partial charge < -0.3 is 14.2 Å². The Bertz CT molecular complexity index is 645. The van der Waals surface area contributed by atoms with Gasteiger partial charge in [-0.25, -0.2) is 4.98 Å². The van der Waals surface area contributed by atoms with Gasteiger partial charge in [-0.2, -0.15) is 0 Å². The van der Waals surface area contributed by atoms with Crippen molar-refractivity contribution in [2.75, 3.05) is 12.3 Å². The Morgan fingerprint density at radius 2 is 2.24 bits per heavy atom. The molecule has 21 heavy (non-hydrogen) atoms. The number of para-hydroxylation sites is 1. The molecule has 4 nitrogen and oxygen atoms in total. The van der Waals surface area contributed by atoms with Crippen molar-refractivity contribution in [1.82, 2.24) is 10.3 Å². The van der Waals surface area contributed by atoms with E-state index < -0.39 is 0 Å². The van der Waals surface area contributed by atoms with Crippen LogP contribution in [0.2, 0.25) is 0 Å². The largest absolute Gasteiger partial charge is 0.459 e. The van der Waals surface area contributed by atoms with Gasteiger partial charge in [-0.1, -0.05) is 36.9 Å². The smallest absolute Gasteiger partial charge is 0.255 e. The Kier molecular flexibility index (Phi) is 4.62. The molecule has 0 amide bonds. The number of benzene rings is 1. The topological polar surface area (TPSA) is 51.2 Å². The Labute approximate surface area is 127 Å². The molecule has 0 aliphatic rings. The second-order valence-corrected chi connectivity index (χ2v) is 5.77. The average Bonchev–Trinajstić information content (AvgIpc) is 3.16. The number of nitrogens with zero attached hydrogens (tertiary/aromatic N) is 1. The van der Waals surface area contributed by atoms with E-state index in [1.165, 1.54) is 0 Å². The monoisotopic (exact) mass is 302 g/mol. The van der Waals surface area contributed by atoms with Crippen LogP contribution < -0.4 is 5.32 Å². The Hall–Kier alpha value is -1.72. The first kappa shape index (κ1) is 14.2. The molecule has 0 saturated carbocycles. The number of furan rings is 1. The van der Waals surface area contributed by atoms with E-state index in [-0.39, 0.29) is 6.04 Å². The third kappa shape index (κ3) is 3.49. The minimum absolute atomic E-state index is 0.147. The van der Waals surface area contributed by atoms with Crippen LogP contribution in [-0.4, -0.2) is 17.3 Å². The number of thioether (sulfide) groups is 1. The molecule has 1 N–H and O–H groups in total. The quantitative estimate of drug-likeness (QED) is 0.661. The summed E-state index contributed by atoms with van der Waals surface area (Å²) in [6.45, 7) is 3.11. The zero-order chi connectivity index (χ0) is 14.5. The van der Waals surface area contributed by atoms with E-state index >= 15 is 0 Å². The second-order valence-electron chi connectivity index (χ2n) is 4.80. The van der Waals surface area contributed by atoms with Crippen molar-refractivity contribution in [2.45, 2.75) is 24.6 Å². The lowest BCUT2D eigenvalue weighted by molar-refractivity contribution is 0.444. The summed E-state index contributed by atoms with van der Waals surface area (Å²) in [5, 5.41) is 5.35. The summed E-state index contributed by atoms with van der Waals surface area (Å²) in [7, 11) is 0. The van der Waals surface area contributed by atoms with Crippen LogP contribution in [0.3, 0.4) is 0 Å². The lowest BCUT2D eigenvalue weighted by atomic mass is 10.2. The number of hydrogen-bond donors (Lipinski definition) is 1. The van der Waals surface area contributed by atoms with Crippen LogP contribution in [0.15, 0.2) is 56.8 Å². The Morgan fingerprint density at radius 3 is 3.00 bits per heavy atom. The lowest BCUT2D eigenvalue weighted by Gasteiger charge is -2.14. The van der Waals surface area contributed by atoms with E-state index in [0.29, 0.717) is 5.22 Å². The van der Waals surface area contributed by atoms with E-state index in [1.807, 2.05) is 18.2 Å². The molecule has 110 valence electrons. The van der Waals surface area contributed by atoms with Crippen LogP contribution in [0.1, 0.15) is 25.1 Å². The van der Waals surface area contributed by atoms with Gasteiger partial charge in [0.1, 0.15) is 17.6 Å². The van der Waals surface area contributed by atoms with Crippen LogP contribution in [0.25, 0.3) is 11.0 Å². The average molecular weight is 302 g/mol. The number of nitrogens with one attached hydrogen (secondary N) is 1. The molecule has 0 bridgehead atoms. The normalized spacial score (nSPS) is 12.8. The molecule has 5 heteroatoms. The number of oxazole rings is 1. The van der Waals surface area contributed by atoms with Crippen LogP contribution in [-0.2, 0) is 0 Å². The van der Waals surface area contributed by atoms with Gasteiger partial charge >= 0.3 is 0 Å². The van der Waals surface area contributed by atoms with Gasteiger partial charge in [0.2, 0.25) is 0 Å². The number of fused-ring (bicyclic) bond motifs is 1. The second kappa shape index (κ2) is 6.83. The first-order valence-electron chi connectivity index (χ1n) is 7.11. The Morgan fingerprint density at radius 1 is 1.33 bits per heavy atom. The fourth-order valence-corrected chi connectivity index (χ4v) is 3.02. The van der Waals surface area contributed by atoms with Crippen molar-refractivity contribution in [1.29, 1.82) is 0 Å². The summed E-state index contributed by atoms with van der Waals surface area (Å²) in [4.78, 5) is 4.14. The standard InChI is InChI=1S/C16H18N2O2S/c1-2-7-17-13(11-21-16-18-8-9-19-16)15-10-12-5-3-4-6-14(12)20-15/h3-6,8-10,13,17H,2,7,11H2,1H3. The van der Waals surface area contributed by atoms with E-state index in [9.17, 15) is 0 Å². The molecule has 0 fully saturated rings. The predicted octanol–water partition coefficient (Wildman–Crippen LogP) is 4.25. The maximum absolute atomic E-state index is 5.97. The van der Waals surface area contributed by atoms with Gasteiger partial charge in [-0.3, -0.25) is 0 Å². The molecule has 1 atom stereocenters. The fourth-order valence-electron chi connectivity index (χ4n) is 2.17. The highest BCUT2D eigenvalue weighted by Crippen LogP contribution is 2.28. The molecular formula is C16H18N2O2S. The molecule has 2 heterocycles. The molecule has 2 aromatic heterocycles. The molecule has 0 saturated heterocycles. The summed E-state index contributed by atoms with van der Waals surface area (Å²) in [5.74, 6) is 1.78. The van der Waals surface area contributed by atoms with Crippen LogP contribution >= 0.6 is 11.8 Å². The third-order valence-electron chi connectivity index (χ3n) is 3.21. The van der Waals surface area contributed by atoms with E-state index in [2.05, 4.69) is 29.4 Å². The van der Waals surface area contributed by atoms with Crippen molar-refractivity contribution in [3.63, 3.8) is 0 Å². The van der Waals surface area contributed by atoms with Crippen molar-refractivity contribution < 1.29 is 8.83 Å². The highest BCUT2D eigenvalue weighted by Gasteiger charge is 2.17. The van der Waals surface area contributed by atoms with Gasteiger partial charge in [0, 0.05) is 11.1 Å². The summed E-state index contributed by atoms with van der Waals surface area (Å²) in [6.07, 6.45) is 4.34. The molecule has 1 unspecified atom stereocenters. The molecular weight excluding hydrogens is 284 g/mol. The van der Waals surface area contributed by atoms with Gasteiger partial charge in [0.05, 0.1) is 12.2 Å². The van der Waals surface area contributed by atoms with Crippen LogP contribution in [0, 0.1) is 0 Å². The van der Waals surface area contributed by atoms with E-state index in [4.69, 9.17) is 8.83 Å². The van der Waals surface area contributed by atoms with Crippen LogP contribution in [0.5, 0.6) is 0 Å². The zero-order valence-corrected chi connectivity index (χ0v) is 12.7. The lowest BCUT2D eigenvalue weighted by Crippen LogP contribution is -2.23. The number of hydrogen-bond acceptors (Lipinski definition) is 5. The maximum atomic E-state index is 5.97. The zero-order valence-electron chi connectivity index (χ0n) is 11.9. The molecule has 0 aliphatic heterocycles.